The van der Waals surface area contributed by atoms with Gasteiger partial charge in [-0.15, -0.1) is 0 Å². The standard InChI is InChI=1S/C10H8.C7H15O4P.CH5N/c1-2-6-10-8-4-3-7-9(10)5-1;1-2-7(8)5-3-4-6-12(9,10)11;1-2/h1-8H;2-6H2,1H3,(H2,9,10,11);2H2,1H3. The summed E-state index contributed by atoms with van der Waals surface area (Å²) in [6, 6.07) is 16.7. The predicted molar refractivity (Wildman–Crippen MR) is 100 cm³/mol. The van der Waals surface area contributed by atoms with E-state index >= 15 is 0 Å². The number of ketones is 1. The number of hydrogen-bond acceptors (Lipinski definition) is 3. The van der Waals surface area contributed by atoms with Gasteiger partial charge < -0.3 is 15.5 Å². The molecule has 0 unspecified atom stereocenters. The summed E-state index contributed by atoms with van der Waals surface area (Å²) in [5.41, 5.74) is 4.50. The molecule has 0 aliphatic heterocycles. The van der Waals surface area contributed by atoms with Crippen molar-refractivity contribution in [3.8, 4) is 0 Å². The Balaban J connectivity index is 0.000000402. The number of fused-ring (bicyclic) bond motifs is 1. The third-order valence-electron chi connectivity index (χ3n) is 3.21. The molecular weight excluding hydrogens is 325 g/mol. The van der Waals surface area contributed by atoms with Gasteiger partial charge in [-0.2, -0.15) is 0 Å². The lowest BCUT2D eigenvalue weighted by atomic mass is 10.1. The summed E-state index contributed by atoms with van der Waals surface area (Å²) in [6.45, 7) is 1.78. The molecule has 0 heterocycles. The SMILES string of the molecule is CCC(=O)CCCCP(=O)(O)O.CN.c1ccc2ccccc2c1. The summed E-state index contributed by atoms with van der Waals surface area (Å²) in [6.07, 6.45) is 1.85. The molecule has 134 valence electrons. The Morgan fingerprint density at radius 1 is 0.958 bits per heavy atom. The van der Waals surface area contributed by atoms with Gasteiger partial charge >= 0.3 is 7.60 Å². The molecule has 6 heteroatoms. The fourth-order valence-corrected chi connectivity index (χ4v) is 2.59. The molecule has 2 rings (SSSR count). The molecule has 2 aromatic carbocycles. The van der Waals surface area contributed by atoms with Crippen molar-refractivity contribution in [1.82, 2.24) is 0 Å². The Kier molecular flexibility index (Phi) is 12.0. The topological polar surface area (TPSA) is 101 Å². The molecular formula is C18H28NO4P. The minimum Gasteiger partial charge on any atom is -0.333 e. The van der Waals surface area contributed by atoms with Crippen LogP contribution in [0.1, 0.15) is 32.6 Å². The molecule has 0 bridgehead atoms. The lowest BCUT2D eigenvalue weighted by molar-refractivity contribution is -0.118. The van der Waals surface area contributed by atoms with Crippen molar-refractivity contribution in [1.29, 1.82) is 0 Å². The summed E-state index contributed by atoms with van der Waals surface area (Å²) >= 11 is 0. The summed E-state index contributed by atoms with van der Waals surface area (Å²) < 4.78 is 10.4. The minimum absolute atomic E-state index is 0.107. The molecule has 0 saturated carbocycles. The molecule has 0 saturated heterocycles. The zero-order valence-electron chi connectivity index (χ0n) is 14.4. The van der Waals surface area contributed by atoms with Gasteiger partial charge in [0.05, 0.1) is 0 Å². The maximum atomic E-state index is 10.7. The van der Waals surface area contributed by atoms with Gasteiger partial charge in [-0.3, -0.25) is 9.36 Å². The first-order valence-electron chi connectivity index (χ1n) is 8.00. The van der Waals surface area contributed by atoms with E-state index in [-0.39, 0.29) is 11.9 Å². The van der Waals surface area contributed by atoms with E-state index in [1.54, 1.807) is 6.92 Å². The number of hydrogen-bond donors (Lipinski definition) is 3. The van der Waals surface area contributed by atoms with Gasteiger partial charge in [-0.1, -0.05) is 55.5 Å². The average Bonchev–Trinajstić information content (AvgIpc) is 2.60. The molecule has 0 radical (unpaired) electrons. The molecule has 0 spiro atoms. The van der Waals surface area contributed by atoms with Gasteiger partial charge in [-0.05, 0) is 30.7 Å². The highest BCUT2D eigenvalue weighted by Crippen LogP contribution is 2.35. The van der Waals surface area contributed by atoms with Crippen LogP contribution in [-0.2, 0) is 9.36 Å². The highest BCUT2D eigenvalue weighted by molar-refractivity contribution is 7.51. The molecule has 24 heavy (non-hydrogen) atoms. The number of benzene rings is 2. The third-order valence-corrected chi connectivity index (χ3v) is 4.11. The second-order valence-electron chi connectivity index (χ2n) is 5.08. The lowest BCUT2D eigenvalue weighted by Gasteiger charge is -2.01. The normalized spacial score (nSPS) is 10.2. The minimum atomic E-state index is -3.85. The Morgan fingerprint density at radius 2 is 1.38 bits per heavy atom. The number of carbonyl (C=O) groups is 1. The van der Waals surface area contributed by atoms with Crippen LogP contribution in [0, 0.1) is 0 Å². The monoisotopic (exact) mass is 353 g/mol. The zero-order chi connectivity index (χ0) is 18.4. The van der Waals surface area contributed by atoms with Crippen LogP contribution in [-0.4, -0.2) is 28.8 Å². The number of unbranched alkanes of at least 4 members (excludes halogenated alkanes) is 1. The van der Waals surface area contributed by atoms with E-state index in [1.165, 1.54) is 17.8 Å². The summed E-state index contributed by atoms with van der Waals surface area (Å²) in [5.74, 6) is 0.153. The van der Waals surface area contributed by atoms with Crippen molar-refractivity contribution >= 4 is 24.2 Å². The van der Waals surface area contributed by atoms with Gasteiger partial charge in [0.15, 0.2) is 0 Å². The number of nitrogens with two attached hydrogens (primary N) is 1. The van der Waals surface area contributed by atoms with Crippen molar-refractivity contribution in [2.45, 2.75) is 32.6 Å². The second-order valence-corrected chi connectivity index (χ2v) is 6.86. The van der Waals surface area contributed by atoms with Crippen molar-refractivity contribution < 1.29 is 19.1 Å². The van der Waals surface area contributed by atoms with Gasteiger partial charge in [0.2, 0.25) is 0 Å². The Labute approximate surface area is 144 Å². The van der Waals surface area contributed by atoms with E-state index in [2.05, 4.69) is 54.3 Å². The van der Waals surface area contributed by atoms with Gasteiger partial charge in [0.25, 0.3) is 0 Å². The van der Waals surface area contributed by atoms with E-state index in [0.717, 1.165) is 0 Å². The van der Waals surface area contributed by atoms with Crippen molar-refractivity contribution in [3.63, 3.8) is 0 Å². The maximum absolute atomic E-state index is 10.7. The highest BCUT2D eigenvalue weighted by atomic mass is 31.2. The molecule has 4 N–H and O–H groups in total. The zero-order valence-corrected chi connectivity index (χ0v) is 15.3. The lowest BCUT2D eigenvalue weighted by Crippen LogP contribution is -1.96. The fraction of sp³-hybridized carbons (Fsp3) is 0.389. The van der Waals surface area contributed by atoms with Crippen molar-refractivity contribution in [2.75, 3.05) is 13.2 Å². The first-order chi connectivity index (χ1) is 11.4. The Morgan fingerprint density at radius 3 is 1.71 bits per heavy atom. The van der Waals surface area contributed by atoms with E-state index in [9.17, 15) is 9.36 Å². The van der Waals surface area contributed by atoms with Crippen LogP contribution in [0.3, 0.4) is 0 Å². The van der Waals surface area contributed by atoms with Crippen LogP contribution in [0.15, 0.2) is 48.5 Å². The van der Waals surface area contributed by atoms with Gasteiger partial charge in [0, 0.05) is 19.0 Å². The van der Waals surface area contributed by atoms with Crippen LogP contribution in [0.25, 0.3) is 10.8 Å². The van der Waals surface area contributed by atoms with Crippen LogP contribution in [0.4, 0.5) is 0 Å². The Hall–Kier alpha value is -1.52. The maximum Gasteiger partial charge on any atom is 0.325 e. The molecule has 0 amide bonds. The first kappa shape index (κ1) is 22.5. The second kappa shape index (κ2) is 12.8. The smallest absolute Gasteiger partial charge is 0.325 e. The number of Topliss-reactive ketones (excluding diaryl/α,β-unsaturated/α-hetero) is 1. The molecule has 5 nitrogen and oxygen atoms in total. The summed E-state index contributed by atoms with van der Waals surface area (Å²) in [5, 5.41) is 2.62. The Bertz CT molecular complexity index is 574. The van der Waals surface area contributed by atoms with E-state index in [0.29, 0.717) is 25.7 Å². The summed E-state index contributed by atoms with van der Waals surface area (Å²) in [4.78, 5) is 27.7. The number of carbonyl (C=O) groups excluding carboxylic acids is 1. The molecule has 0 aliphatic rings. The van der Waals surface area contributed by atoms with E-state index in [4.69, 9.17) is 9.79 Å². The van der Waals surface area contributed by atoms with Gasteiger partial charge in [-0.25, -0.2) is 0 Å². The van der Waals surface area contributed by atoms with Crippen LogP contribution >= 0.6 is 7.60 Å². The van der Waals surface area contributed by atoms with Crippen molar-refractivity contribution in [2.24, 2.45) is 5.73 Å². The van der Waals surface area contributed by atoms with Gasteiger partial charge in [0.1, 0.15) is 5.78 Å². The molecule has 0 aromatic heterocycles. The van der Waals surface area contributed by atoms with E-state index in [1.807, 2.05) is 0 Å². The molecule has 2 aromatic rings. The first-order valence-corrected chi connectivity index (χ1v) is 9.80. The average molecular weight is 353 g/mol. The largest absolute Gasteiger partial charge is 0.333 e. The molecule has 0 atom stereocenters. The highest BCUT2D eigenvalue weighted by Gasteiger charge is 2.11. The molecule has 0 aliphatic carbocycles. The number of rotatable bonds is 6. The van der Waals surface area contributed by atoms with Crippen LogP contribution in [0.5, 0.6) is 0 Å². The van der Waals surface area contributed by atoms with Crippen LogP contribution in [0.2, 0.25) is 0 Å². The summed E-state index contributed by atoms with van der Waals surface area (Å²) in [7, 11) is -2.35. The molecule has 0 fully saturated rings. The quantitative estimate of drug-likeness (QED) is 0.543. The van der Waals surface area contributed by atoms with E-state index < -0.39 is 7.60 Å². The predicted octanol–water partition coefficient (Wildman–Crippen LogP) is 3.73. The van der Waals surface area contributed by atoms with Crippen molar-refractivity contribution in [3.05, 3.63) is 48.5 Å². The fourth-order valence-electron chi connectivity index (χ4n) is 1.95. The van der Waals surface area contributed by atoms with Crippen LogP contribution < -0.4 is 5.73 Å². The third kappa shape index (κ3) is 11.1.